The largest absolute Gasteiger partial charge is 0.478 e. The zero-order valence-electron chi connectivity index (χ0n) is 10.4. The summed E-state index contributed by atoms with van der Waals surface area (Å²) in [4.78, 5) is 10.5. The number of carboxylic acid groups (broad SMARTS) is 1. The first kappa shape index (κ1) is 16.9. The molecule has 0 aliphatic heterocycles. The molecule has 0 amide bonds. The number of sulfonamides is 1. The molecule has 1 aromatic rings. The number of carbonyl (C=O) groups is 1. The van der Waals surface area contributed by atoms with Crippen LogP contribution in [0, 0.1) is 0 Å². The van der Waals surface area contributed by atoms with E-state index in [9.17, 15) is 13.2 Å². The van der Waals surface area contributed by atoms with Gasteiger partial charge in [0.2, 0.25) is 10.0 Å². The van der Waals surface area contributed by atoms with Gasteiger partial charge >= 0.3 is 5.97 Å². The monoisotopic (exact) mass is 323 g/mol. The van der Waals surface area contributed by atoms with Crippen LogP contribution in [0.15, 0.2) is 23.1 Å². The van der Waals surface area contributed by atoms with Crippen LogP contribution in [0.3, 0.4) is 0 Å². The number of hydrogen-bond acceptors (Lipinski definition) is 5. The highest BCUT2D eigenvalue weighted by Gasteiger charge is 2.27. The number of halogens is 1. The van der Waals surface area contributed by atoms with Crippen molar-refractivity contribution in [2.75, 3.05) is 26.3 Å². The summed E-state index contributed by atoms with van der Waals surface area (Å²) in [6.07, 6.45) is 0. The number of benzene rings is 1. The number of carboxylic acids is 1. The zero-order valence-corrected chi connectivity index (χ0v) is 11.9. The van der Waals surface area contributed by atoms with Crippen molar-refractivity contribution in [2.45, 2.75) is 4.90 Å². The lowest BCUT2D eigenvalue weighted by Gasteiger charge is -2.21. The van der Waals surface area contributed by atoms with Crippen LogP contribution >= 0.6 is 11.6 Å². The van der Waals surface area contributed by atoms with E-state index in [0.717, 1.165) is 10.4 Å². The van der Waals surface area contributed by atoms with Gasteiger partial charge in [-0.15, -0.1) is 0 Å². The molecule has 9 heteroatoms. The molecule has 0 atom stereocenters. The van der Waals surface area contributed by atoms with Crippen molar-refractivity contribution in [1.82, 2.24) is 4.31 Å². The summed E-state index contributed by atoms with van der Waals surface area (Å²) in [5.74, 6) is -1.28. The third-order valence-electron chi connectivity index (χ3n) is 2.49. The number of aliphatic hydroxyl groups is 2. The standard InChI is InChI=1S/C11H14ClNO6S/c12-9-2-1-8(11(16)17)7-10(9)20(18,19)13(3-5-14)4-6-15/h1-2,7,14-15H,3-6H2,(H,16,17). The predicted molar refractivity (Wildman–Crippen MR) is 71.3 cm³/mol. The fraction of sp³-hybridized carbons (Fsp3) is 0.364. The molecule has 0 fully saturated rings. The maximum absolute atomic E-state index is 12.3. The van der Waals surface area contributed by atoms with Crippen molar-refractivity contribution in [3.8, 4) is 0 Å². The summed E-state index contributed by atoms with van der Waals surface area (Å²) in [6.45, 7) is -1.32. The molecule has 3 N–H and O–H groups in total. The quantitative estimate of drug-likeness (QED) is 0.651. The summed E-state index contributed by atoms with van der Waals surface area (Å²) in [5, 5.41) is 26.5. The molecule has 0 saturated heterocycles. The van der Waals surface area contributed by atoms with Crippen LogP contribution in [-0.4, -0.2) is 60.3 Å². The van der Waals surface area contributed by atoms with Gasteiger partial charge in [-0.25, -0.2) is 13.2 Å². The predicted octanol–water partition coefficient (Wildman–Crippen LogP) is 0.0135. The van der Waals surface area contributed by atoms with Gasteiger partial charge in [0.25, 0.3) is 0 Å². The molecular formula is C11H14ClNO6S. The molecule has 0 aromatic heterocycles. The Morgan fingerprint density at radius 1 is 1.20 bits per heavy atom. The molecule has 0 aliphatic rings. The Balaban J connectivity index is 3.32. The van der Waals surface area contributed by atoms with Gasteiger partial charge < -0.3 is 15.3 Å². The van der Waals surface area contributed by atoms with E-state index in [1.807, 2.05) is 0 Å². The highest BCUT2D eigenvalue weighted by molar-refractivity contribution is 7.89. The Bertz CT molecular complexity index is 583. The molecule has 0 heterocycles. The second-order valence-electron chi connectivity index (χ2n) is 3.80. The number of aliphatic hydroxyl groups excluding tert-OH is 2. The molecule has 20 heavy (non-hydrogen) atoms. The molecule has 1 rings (SSSR count). The third kappa shape index (κ3) is 3.68. The molecule has 0 unspecified atom stereocenters. The second kappa shape index (κ2) is 7.00. The van der Waals surface area contributed by atoms with Crippen molar-refractivity contribution in [1.29, 1.82) is 0 Å². The van der Waals surface area contributed by atoms with Gasteiger partial charge in [-0.05, 0) is 18.2 Å². The number of nitrogens with zero attached hydrogens (tertiary/aromatic N) is 1. The lowest BCUT2D eigenvalue weighted by molar-refractivity contribution is 0.0696. The molecule has 0 aliphatic carbocycles. The van der Waals surface area contributed by atoms with Gasteiger partial charge in [-0.1, -0.05) is 11.6 Å². The summed E-state index contributed by atoms with van der Waals surface area (Å²) in [5.41, 5.74) is -0.221. The molecule has 0 radical (unpaired) electrons. The topological polar surface area (TPSA) is 115 Å². The summed E-state index contributed by atoms with van der Waals surface area (Å²) >= 11 is 5.81. The Morgan fingerprint density at radius 3 is 2.20 bits per heavy atom. The average Bonchev–Trinajstić information content (AvgIpc) is 2.38. The smallest absolute Gasteiger partial charge is 0.335 e. The number of rotatable bonds is 7. The molecule has 112 valence electrons. The lowest BCUT2D eigenvalue weighted by atomic mass is 10.2. The van der Waals surface area contributed by atoms with Crippen LogP contribution in [0.5, 0.6) is 0 Å². The summed E-state index contributed by atoms with van der Waals surface area (Å²) in [6, 6.07) is 3.31. The van der Waals surface area contributed by atoms with Crippen LogP contribution in [0.25, 0.3) is 0 Å². The third-order valence-corrected chi connectivity index (χ3v) is 4.87. The van der Waals surface area contributed by atoms with Gasteiger partial charge in [-0.3, -0.25) is 0 Å². The van der Waals surface area contributed by atoms with E-state index in [2.05, 4.69) is 0 Å². The fourth-order valence-corrected chi connectivity index (χ4v) is 3.47. The van der Waals surface area contributed by atoms with E-state index >= 15 is 0 Å². The van der Waals surface area contributed by atoms with E-state index in [4.69, 9.17) is 26.9 Å². The zero-order chi connectivity index (χ0) is 15.3. The molecule has 1 aromatic carbocycles. The van der Waals surface area contributed by atoms with Crippen molar-refractivity contribution in [2.24, 2.45) is 0 Å². The first-order valence-electron chi connectivity index (χ1n) is 5.59. The Labute approximate surface area is 121 Å². The van der Waals surface area contributed by atoms with Crippen molar-refractivity contribution >= 4 is 27.6 Å². The van der Waals surface area contributed by atoms with Crippen LogP contribution < -0.4 is 0 Å². The molecule has 0 spiro atoms. The maximum atomic E-state index is 12.3. The summed E-state index contributed by atoms with van der Waals surface area (Å²) in [7, 11) is -4.09. The molecule has 7 nitrogen and oxygen atoms in total. The first-order valence-corrected chi connectivity index (χ1v) is 7.41. The highest BCUT2D eigenvalue weighted by Crippen LogP contribution is 2.25. The fourth-order valence-electron chi connectivity index (χ4n) is 1.55. The normalized spacial score (nSPS) is 11.8. The Morgan fingerprint density at radius 2 is 1.75 bits per heavy atom. The van der Waals surface area contributed by atoms with E-state index < -0.39 is 29.2 Å². The van der Waals surface area contributed by atoms with Crippen molar-refractivity contribution < 1.29 is 28.5 Å². The maximum Gasteiger partial charge on any atom is 0.335 e. The SMILES string of the molecule is O=C(O)c1ccc(Cl)c(S(=O)(=O)N(CCO)CCO)c1. The van der Waals surface area contributed by atoms with Gasteiger partial charge in [0.1, 0.15) is 4.90 Å². The van der Waals surface area contributed by atoms with Gasteiger partial charge in [0, 0.05) is 13.1 Å². The molecular weight excluding hydrogens is 310 g/mol. The molecule has 0 saturated carbocycles. The van der Waals surface area contributed by atoms with Gasteiger partial charge in [0.15, 0.2) is 0 Å². The number of hydrogen-bond donors (Lipinski definition) is 3. The average molecular weight is 324 g/mol. The lowest BCUT2D eigenvalue weighted by Crippen LogP contribution is -2.36. The van der Waals surface area contributed by atoms with Crippen LogP contribution in [-0.2, 0) is 10.0 Å². The van der Waals surface area contributed by atoms with E-state index in [-0.39, 0.29) is 28.6 Å². The van der Waals surface area contributed by atoms with Gasteiger partial charge in [-0.2, -0.15) is 4.31 Å². The Hall–Kier alpha value is -1.19. The number of aromatic carboxylic acids is 1. The summed E-state index contributed by atoms with van der Waals surface area (Å²) < 4.78 is 25.5. The Kier molecular flexibility index (Phi) is 5.90. The van der Waals surface area contributed by atoms with E-state index in [0.29, 0.717) is 0 Å². The van der Waals surface area contributed by atoms with Crippen LogP contribution in [0.1, 0.15) is 10.4 Å². The second-order valence-corrected chi connectivity index (χ2v) is 6.12. The highest BCUT2D eigenvalue weighted by atomic mass is 35.5. The van der Waals surface area contributed by atoms with E-state index in [1.54, 1.807) is 0 Å². The van der Waals surface area contributed by atoms with Crippen molar-refractivity contribution in [3.63, 3.8) is 0 Å². The minimum absolute atomic E-state index is 0.129. The van der Waals surface area contributed by atoms with Crippen LogP contribution in [0.4, 0.5) is 0 Å². The minimum atomic E-state index is -4.09. The van der Waals surface area contributed by atoms with Gasteiger partial charge in [0.05, 0.1) is 23.8 Å². The molecule has 0 bridgehead atoms. The van der Waals surface area contributed by atoms with E-state index in [1.165, 1.54) is 12.1 Å². The van der Waals surface area contributed by atoms with Crippen LogP contribution in [0.2, 0.25) is 5.02 Å². The first-order chi connectivity index (χ1) is 9.34. The van der Waals surface area contributed by atoms with Crippen molar-refractivity contribution in [3.05, 3.63) is 28.8 Å². The minimum Gasteiger partial charge on any atom is -0.478 e.